The molecule has 0 aromatic rings. The van der Waals surface area contributed by atoms with E-state index in [2.05, 4.69) is 0 Å². The fourth-order valence-corrected chi connectivity index (χ4v) is 1.34. The summed E-state index contributed by atoms with van der Waals surface area (Å²) in [5.74, 6) is -1.22. The number of ether oxygens (including phenoxy) is 2. The first kappa shape index (κ1) is 16.6. The molecule has 0 fully saturated rings. The van der Waals surface area contributed by atoms with Crippen LogP contribution >= 0.6 is 0 Å². The largest absolute Gasteiger partial charge is 0.466 e. The van der Waals surface area contributed by atoms with Gasteiger partial charge in [-0.1, -0.05) is 6.92 Å². The summed E-state index contributed by atoms with van der Waals surface area (Å²) in [6, 6.07) is -1.10. The van der Waals surface area contributed by atoms with E-state index in [1.54, 1.807) is 20.8 Å². The Morgan fingerprint density at radius 3 is 2.39 bits per heavy atom. The van der Waals surface area contributed by atoms with Gasteiger partial charge in [-0.15, -0.1) is 0 Å². The van der Waals surface area contributed by atoms with Gasteiger partial charge in [0.15, 0.2) is 0 Å². The van der Waals surface area contributed by atoms with Crippen LogP contribution in [0.1, 0.15) is 33.6 Å². The number of carbonyl (C=O) groups is 3. The number of carbonyl (C=O) groups excluding carboxylic acids is 3. The van der Waals surface area contributed by atoms with E-state index >= 15 is 0 Å². The fraction of sp³-hybridized carbons (Fsp3) is 0.750. The molecule has 2 atom stereocenters. The zero-order valence-corrected chi connectivity index (χ0v) is 11.1. The molecule has 0 spiro atoms. The summed E-state index contributed by atoms with van der Waals surface area (Å²) in [7, 11) is 0. The fourth-order valence-electron chi connectivity index (χ4n) is 1.34. The van der Waals surface area contributed by atoms with Crippen LogP contribution in [0.3, 0.4) is 0 Å². The molecule has 6 heteroatoms. The lowest BCUT2D eigenvalue weighted by atomic mass is 9.80. The Kier molecular flexibility index (Phi) is 7.19. The van der Waals surface area contributed by atoms with Crippen molar-refractivity contribution in [2.24, 2.45) is 11.1 Å². The quantitative estimate of drug-likeness (QED) is 0.385. The molecular formula is C12H21NO5. The van der Waals surface area contributed by atoms with E-state index in [-0.39, 0.29) is 19.6 Å². The maximum absolute atomic E-state index is 11.8. The first-order valence-corrected chi connectivity index (χ1v) is 5.97. The van der Waals surface area contributed by atoms with Crippen molar-refractivity contribution in [3.05, 3.63) is 0 Å². The Hall–Kier alpha value is -1.43. The summed E-state index contributed by atoms with van der Waals surface area (Å²) in [5.41, 5.74) is 4.64. The molecular weight excluding hydrogens is 238 g/mol. The molecule has 0 aromatic heterocycles. The van der Waals surface area contributed by atoms with Crippen LogP contribution < -0.4 is 5.73 Å². The molecule has 0 unspecified atom stereocenters. The molecule has 2 N–H and O–H groups in total. The summed E-state index contributed by atoms with van der Waals surface area (Å²) >= 11 is 0. The number of rotatable bonds is 8. The van der Waals surface area contributed by atoms with Gasteiger partial charge >= 0.3 is 11.9 Å². The minimum atomic E-state index is -1.12. The van der Waals surface area contributed by atoms with Crippen molar-refractivity contribution in [3.8, 4) is 0 Å². The number of aldehydes is 1. The van der Waals surface area contributed by atoms with Crippen molar-refractivity contribution >= 4 is 18.2 Å². The molecule has 0 saturated heterocycles. The highest BCUT2D eigenvalue weighted by Gasteiger charge is 2.43. The van der Waals surface area contributed by atoms with E-state index in [0.29, 0.717) is 12.7 Å². The Bertz CT molecular complexity index is 305. The first-order valence-electron chi connectivity index (χ1n) is 5.97. The van der Waals surface area contributed by atoms with E-state index in [9.17, 15) is 14.4 Å². The molecule has 0 aliphatic heterocycles. The van der Waals surface area contributed by atoms with Gasteiger partial charge in [-0.05, 0) is 20.3 Å². The van der Waals surface area contributed by atoms with Crippen molar-refractivity contribution in [3.63, 3.8) is 0 Å². The summed E-state index contributed by atoms with van der Waals surface area (Å²) in [6.45, 7) is 5.19. The van der Waals surface area contributed by atoms with Crippen LogP contribution in [0.2, 0.25) is 0 Å². The van der Waals surface area contributed by atoms with Gasteiger partial charge < -0.3 is 20.0 Å². The van der Waals surface area contributed by atoms with Crippen molar-refractivity contribution in [2.45, 2.75) is 39.7 Å². The monoisotopic (exact) mass is 259 g/mol. The normalized spacial score (nSPS) is 15.3. The number of nitrogens with two attached hydrogens (primary N) is 1. The Labute approximate surface area is 107 Å². The van der Waals surface area contributed by atoms with Crippen molar-refractivity contribution in [1.82, 2.24) is 0 Å². The Morgan fingerprint density at radius 2 is 1.94 bits per heavy atom. The summed E-state index contributed by atoms with van der Waals surface area (Å²) in [6.07, 6.45) is 1.11. The Morgan fingerprint density at radius 1 is 1.33 bits per heavy atom. The minimum absolute atomic E-state index is 0.0291. The lowest BCUT2D eigenvalue weighted by molar-refractivity contribution is -0.163. The average molecular weight is 259 g/mol. The molecule has 0 aromatic carbocycles. The van der Waals surface area contributed by atoms with Gasteiger partial charge in [-0.2, -0.15) is 0 Å². The minimum Gasteiger partial charge on any atom is -0.466 e. The molecule has 0 saturated carbocycles. The zero-order valence-electron chi connectivity index (χ0n) is 11.1. The second-order valence-electron chi connectivity index (χ2n) is 4.09. The van der Waals surface area contributed by atoms with Crippen LogP contribution in [0.4, 0.5) is 0 Å². The van der Waals surface area contributed by atoms with Gasteiger partial charge in [0, 0.05) is 6.42 Å². The molecule has 0 aliphatic rings. The molecule has 0 heterocycles. The maximum atomic E-state index is 11.8. The predicted molar refractivity (Wildman–Crippen MR) is 64.6 cm³/mol. The third-order valence-electron chi connectivity index (χ3n) is 2.90. The van der Waals surface area contributed by atoms with E-state index in [0.717, 1.165) is 0 Å². The second-order valence-corrected chi connectivity index (χ2v) is 4.09. The lowest BCUT2D eigenvalue weighted by Crippen LogP contribution is -2.51. The zero-order chi connectivity index (χ0) is 14.2. The number of esters is 2. The van der Waals surface area contributed by atoms with E-state index in [4.69, 9.17) is 15.2 Å². The first-order chi connectivity index (χ1) is 8.43. The van der Waals surface area contributed by atoms with Crippen LogP contribution in [-0.4, -0.2) is 37.5 Å². The van der Waals surface area contributed by atoms with Crippen molar-refractivity contribution < 1.29 is 23.9 Å². The summed E-state index contributed by atoms with van der Waals surface area (Å²) in [5, 5.41) is 0. The topological polar surface area (TPSA) is 95.7 Å². The van der Waals surface area contributed by atoms with Gasteiger partial charge in [-0.25, -0.2) is 0 Å². The second kappa shape index (κ2) is 7.81. The van der Waals surface area contributed by atoms with Crippen molar-refractivity contribution in [2.75, 3.05) is 13.2 Å². The molecule has 0 amide bonds. The van der Waals surface area contributed by atoms with E-state index in [1.165, 1.54) is 0 Å². The lowest BCUT2D eigenvalue weighted by Gasteiger charge is -2.30. The third-order valence-corrected chi connectivity index (χ3v) is 2.90. The predicted octanol–water partition coefficient (Wildman–Crippen LogP) is 0.425. The van der Waals surface area contributed by atoms with Gasteiger partial charge in [0.2, 0.25) is 0 Å². The Balaban J connectivity index is 4.66. The number of hydrogen-bond donors (Lipinski definition) is 1. The molecule has 6 nitrogen and oxygen atoms in total. The van der Waals surface area contributed by atoms with Crippen LogP contribution in [0.5, 0.6) is 0 Å². The molecule has 18 heavy (non-hydrogen) atoms. The van der Waals surface area contributed by atoms with Gasteiger partial charge in [0.05, 0.1) is 18.6 Å². The summed E-state index contributed by atoms with van der Waals surface area (Å²) < 4.78 is 9.73. The molecule has 104 valence electrons. The molecule has 0 radical (unpaired) electrons. The van der Waals surface area contributed by atoms with Gasteiger partial charge in [-0.3, -0.25) is 9.59 Å². The van der Waals surface area contributed by atoms with E-state index < -0.39 is 23.4 Å². The smallest absolute Gasteiger partial charge is 0.324 e. The highest BCUT2D eigenvalue weighted by molar-refractivity contribution is 5.87. The standard InChI is InChI=1S/C12H21NO5/c1-4-12(3,11(16)17-5-2)9(13)10(15)18-8-6-7-14/h7,9H,4-6,8,13H2,1-3H3/t9-,12-/m1/s1. The molecule has 0 aliphatic carbocycles. The summed E-state index contributed by atoms with van der Waals surface area (Å²) in [4.78, 5) is 33.6. The highest BCUT2D eigenvalue weighted by Crippen LogP contribution is 2.27. The van der Waals surface area contributed by atoms with Crippen LogP contribution in [0.25, 0.3) is 0 Å². The van der Waals surface area contributed by atoms with E-state index in [1.807, 2.05) is 0 Å². The SMILES string of the molecule is CCOC(=O)[C@](C)(CC)[C@H](N)C(=O)OCCC=O. The third kappa shape index (κ3) is 4.10. The molecule has 0 rings (SSSR count). The van der Waals surface area contributed by atoms with Gasteiger partial charge in [0.25, 0.3) is 0 Å². The highest BCUT2D eigenvalue weighted by atomic mass is 16.5. The van der Waals surface area contributed by atoms with Crippen LogP contribution in [0.15, 0.2) is 0 Å². The van der Waals surface area contributed by atoms with Crippen LogP contribution in [0, 0.1) is 5.41 Å². The number of hydrogen-bond acceptors (Lipinski definition) is 6. The average Bonchev–Trinajstić information content (AvgIpc) is 2.37. The maximum Gasteiger partial charge on any atom is 0.324 e. The van der Waals surface area contributed by atoms with Gasteiger partial charge in [0.1, 0.15) is 12.3 Å². The van der Waals surface area contributed by atoms with Crippen molar-refractivity contribution in [1.29, 1.82) is 0 Å². The van der Waals surface area contributed by atoms with Crippen LogP contribution in [-0.2, 0) is 23.9 Å². The molecule has 0 bridgehead atoms.